The average molecular weight is 355 g/mol. The van der Waals surface area contributed by atoms with E-state index in [4.69, 9.17) is 9.47 Å². The van der Waals surface area contributed by atoms with Crippen LogP contribution in [-0.4, -0.2) is 32.2 Å². The monoisotopic (exact) mass is 355 g/mol. The lowest BCUT2D eigenvalue weighted by Gasteiger charge is -2.09. The van der Waals surface area contributed by atoms with Gasteiger partial charge in [0.1, 0.15) is 0 Å². The Bertz CT molecular complexity index is 847. The molecule has 0 atom stereocenters. The number of nitrogens with zero attached hydrogens (tertiary/aromatic N) is 1. The summed E-state index contributed by atoms with van der Waals surface area (Å²) in [6.45, 7) is 3.80. The van der Waals surface area contributed by atoms with E-state index >= 15 is 0 Å². The zero-order valence-electron chi connectivity index (χ0n) is 15.1. The summed E-state index contributed by atoms with van der Waals surface area (Å²) < 4.78 is 10.3. The Kier molecular flexibility index (Phi) is 6.32. The number of ether oxygens (including phenoxy) is 2. The fourth-order valence-corrected chi connectivity index (χ4v) is 2.21. The number of anilines is 1. The van der Waals surface area contributed by atoms with Crippen molar-refractivity contribution in [2.75, 3.05) is 19.5 Å². The van der Waals surface area contributed by atoms with Crippen molar-refractivity contribution in [3.8, 4) is 11.5 Å². The Morgan fingerprint density at radius 1 is 1.00 bits per heavy atom. The van der Waals surface area contributed by atoms with Crippen molar-refractivity contribution in [2.45, 2.75) is 13.8 Å². The molecule has 2 aromatic carbocycles. The predicted molar refractivity (Wildman–Crippen MR) is 99.8 cm³/mol. The van der Waals surface area contributed by atoms with Crippen molar-refractivity contribution < 1.29 is 19.1 Å². The zero-order chi connectivity index (χ0) is 19.1. The van der Waals surface area contributed by atoms with E-state index in [1.807, 2.05) is 26.0 Å². The first-order chi connectivity index (χ1) is 12.5. The number of hydrogen-bond acceptors (Lipinski definition) is 5. The minimum Gasteiger partial charge on any atom is -0.493 e. The highest BCUT2D eigenvalue weighted by molar-refractivity contribution is 6.39. The molecule has 0 saturated heterocycles. The second-order valence-electron chi connectivity index (χ2n) is 5.52. The molecule has 136 valence electrons. The standard InChI is InChI=1S/C19H21N3O4/c1-12-6-5-7-15(13(12)2)21-18(23)19(24)22-20-11-14-8-9-16(25-3)17(10-14)26-4/h5-11H,1-4H3,(H,21,23)(H,22,24)/b20-11+. The maximum atomic E-state index is 12.0. The van der Waals surface area contributed by atoms with Gasteiger partial charge in [0.2, 0.25) is 0 Å². The molecule has 2 aromatic rings. The van der Waals surface area contributed by atoms with E-state index in [0.717, 1.165) is 11.1 Å². The van der Waals surface area contributed by atoms with Crippen LogP contribution in [-0.2, 0) is 9.59 Å². The van der Waals surface area contributed by atoms with Gasteiger partial charge in [0, 0.05) is 5.69 Å². The first-order valence-corrected chi connectivity index (χ1v) is 7.89. The minimum atomic E-state index is -0.859. The molecule has 0 aliphatic rings. The van der Waals surface area contributed by atoms with Crippen LogP contribution in [0, 0.1) is 13.8 Å². The third-order valence-corrected chi connectivity index (χ3v) is 3.85. The van der Waals surface area contributed by atoms with Gasteiger partial charge in [0.15, 0.2) is 11.5 Å². The van der Waals surface area contributed by atoms with E-state index < -0.39 is 11.8 Å². The molecular weight excluding hydrogens is 334 g/mol. The lowest BCUT2D eigenvalue weighted by atomic mass is 10.1. The SMILES string of the molecule is COc1ccc(/C=N/NC(=O)C(=O)Nc2cccc(C)c2C)cc1OC. The summed E-state index contributed by atoms with van der Waals surface area (Å²) in [5.74, 6) is -0.525. The number of carbonyl (C=O) groups excluding carboxylic acids is 2. The van der Waals surface area contributed by atoms with Crippen LogP contribution in [0.15, 0.2) is 41.5 Å². The first-order valence-electron chi connectivity index (χ1n) is 7.89. The van der Waals surface area contributed by atoms with Crippen LogP contribution in [0.2, 0.25) is 0 Å². The second-order valence-corrected chi connectivity index (χ2v) is 5.52. The normalized spacial score (nSPS) is 10.5. The number of aryl methyl sites for hydroxylation is 1. The van der Waals surface area contributed by atoms with E-state index in [1.54, 1.807) is 31.4 Å². The van der Waals surface area contributed by atoms with Crippen molar-refractivity contribution in [2.24, 2.45) is 5.10 Å². The molecule has 2 rings (SSSR count). The molecule has 0 saturated carbocycles. The van der Waals surface area contributed by atoms with Crippen molar-refractivity contribution in [1.82, 2.24) is 5.43 Å². The van der Waals surface area contributed by atoms with Crippen LogP contribution in [0.25, 0.3) is 0 Å². The fourth-order valence-electron chi connectivity index (χ4n) is 2.21. The molecule has 0 aromatic heterocycles. The van der Waals surface area contributed by atoms with Gasteiger partial charge >= 0.3 is 11.8 Å². The van der Waals surface area contributed by atoms with Gasteiger partial charge in [-0.25, -0.2) is 5.43 Å². The lowest BCUT2D eigenvalue weighted by molar-refractivity contribution is -0.136. The van der Waals surface area contributed by atoms with Gasteiger partial charge in [-0.1, -0.05) is 12.1 Å². The molecule has 0 aliphatic carbocycles. The number of hydrazone groups is 1. The van der Waals surface area contributed by atoms with Gasteiger partial charge in [0.05, 0.1) is 20.4 Å². The van der Waals surface area contributed by atoms with E-state index in [-0.39, 0.29) is 0 Å². The van der Waals surface area contributed by atoms with Crippen molar-refractivity contribution >= 4 is 23.7 Å². The lowest BCUT2D eigenvalue weighted by Crippen LogP contribution is -2.32. The molecule has 7 nitrogen and oxygen atoms in total. The molecular formula is C19H21N3O4. The van der Waals surface area contributed by atoms with Crippen molar-refractivity contribution in [3.05, 3.63) is 53.1 Å². The van der Waals surface area contributed by atoms with Gasteiger partial charge in [0.25, 0.3) is 0 Å². The molecule has 0 bridgehead atoms. The second kappa shape index (κ2) is 8.66. The van der Waals surface area contributed by atoms with Crippen LogP contribution in [0.1, 0.15) is 16.7 Å². The maximum Gasteiger partial charge on any atom is 0.329 e. The number of hydrogen-bond donors (Lipinski definition) is 2. The van der Waals surface area contributed by atoms with Gasteiger partial charge in [-0.05, 0) is 54.8 Å². The number of carbonyl (C=O) groups is 2. The van der Waals surface area contributed by atoms with Gasteiger partial charge < -0.3 is 14.8 Å². The molecule has 0 spiro atoms. The smallest absolute Gasteiger partial charge is 0.329 e. The van der Waals surface area contributed by atoms with Gasteiger partial charge in [-0.3, -0.25) is 9.59 Å². The Labute approximate surface area is 152 Å². The highest BCUT2D eigenvalue weighted by Gasteiger charge is 2.14. The molecule has 7 heteroatoms. The Hall–Kier alpha value is -3.35. The Morgan fingerprint density at radius 2 is 1.73 bits per heavy atom. The summed E-state index contributed by atoms with van der Waals surface area (Å²) in [5, 5.41) is 6.36. The number of rotatable bonds is 5. The molecule has 0 unspecified atom stereocenters. The van der Waals surface area contributed by atoms with Crippen LogP contribution >= 0.6 is 0 Å². The molecule has 0 radical (unpaired) electrons. The third kappa shape index (κ3) is 4.60. The first kappa shape index (κ1) is 19.0. The zero-order valence-corrected chi connectivity index (χ0v) is 15.1. The molecule has 0 fully saturated rings. The fraction of sp³-hybridized carbons (Fsp3) is 0.211. The topological polar surface area (TPSA) is 89.0 Å². The average Bonchev–Trinajstić information content (AvgIpc) is 2.65. The van der Waals surface area contributed by atoms with E-state index in [2.05, 4.69) is 15.8 Å². The van der Waals surface area contributed by atoms with Crippen LogP contribution < -0.4 is 20.2 Å². The number of nitrogens with one attached hydrogen (secondary N) is 2. The van der Waals surface area contributed by atoms with Crippen molar-refractivity contribution in [1.29, 1.82) is 0 Å². The Balaban J connectivity index is 1.98. The highest BCUT2D eigenvalue weighted by atomic mass is 16.5. The van der Waals surface area contributed by atoms with E-state index in [0.29, 0.717) is 22.7 Å². The summed E-state index contributed by atoms with van der Waals surface area (Å²) in [6, 6.07) is 10.6. The summed E-state index contributed by atoms with van der Waals surface area (Å²) >= 11 is 0. The Morgan fingerprint density at radius 3 is 2.42 bits per heavy atom. The predicted octanol–water partition coefficient (Wildman–Crippen LogP) is 2.41. The molecule has 0 aliphatic heterocycles. The summed E-state index contributed by atoms with van der Waals surface area (Å²) in [4.78, 5) is 23.8. The van der Waals surface area contributed by atoms with Gasteiger partial charge in [-0.2, -0.15) is 5.10 Å². The number of benzene rings is 2. The molecule has 0 heterocycles. The van der Waals surface area contributed by atoms with Crippen LogP contribution in [0.5, 0.6) is 11.5 Å². The number of amides is 2. The molecule has 2 N–H and O–H groups in total. The van der Waals surface area contributed by atoms with E-state index in [1.165, 1.54) is 13.3 Å². The van der Waals surface area contributed by atoms with Crippen LogP contribution in [0.4, 0.5) is 5.69 Å². The largest absolute Gasteiger partial charge is 0.493 e. The summed E-state index contributed by atoms with van der Waals surface area (Å²) in [6.07, 6.45) is 1.41. The highest BCUT2D eigenvalue weighted by Crippen LogP contribution is 2.26. The summed E-state index contributed by atoms with van der Waals surface area (Å²) in [7, 11) is 3.07. The van der Waals surface area contributed by atoms with Crippen molar-refractivity contribution in [3.63, 3.8) is 0 Å². The quantitative estimate of drug-likeness (QED) is 0.490. The number of methoxy groups -OCH3 is 2. The molecule has 26 heavy (non-hydrogen) atoms. The van der Waals surface area contributed by atoms with Gasteiger partial charge in [-0.15, -0.1) is 0 Å². The molecule has 2 amide bonds. The maximum absolute atomic E-state index is 12.0. The third-order valence-electron chi connectivity index (χ3n) is 3.85. The summed E-state index contributed by atoms with van der Waals surface area (Å²) in [5.41, 5.74) is 5.40. The minimum absolute atomic E-state index is 0.537. The van der Waals surface area contributed by atoms with E-state index in [9.17, 15) is 9.59 Å². The van der Waals surface area contributed by atoms with Crippen LogP contribution in [0.3, 0.4) is 0 Å².